The second kappa shape index (κ2) is 4.50. The first-order valence-electron chi connectivity index (χ1n) is 5.62. The van der Waals surface area contributed by atoms with Gasteiger partial charge in [0, 0.05) is 20.5 Å². The van der Waals surface area contributed by atoms with Crippen molar-refractivity contribution in [3.05, 3.63) is 39.1 Å². The summed E-state index contributed by atoms with van der Waals surface area (Å²) in [6, 6.07) is 0. The summed E-state index contributed by atoms with van der Waals surface area (Å²) in [6.45, 7) is 11.3. The molecule has 0 N–H and O–H groups in total. The summed E-state index contributed by atoms with van der Waals surface area (Å²) in [4.78, 5) is 0. The quantitative estimate of drug-likeness (QED) is 0.642. The van der Waals surface area contributed by atoms with Crippen LogP contribution in [0.1, 0.15) is 33.4 Å². The SMILES string of the molecule is Cc1c(C)c(C)c(/C([SiH3])=C/[SiH3])c(C)c1C. The van der Waals surface area contributed by atoms with Crippen molar-refractivity contribution >= 4 is 25.7 Å². The first-order chi connectivity index (χ1) is 6.91. The normalized spacial score (nSPS) is 12.5. The van der Waals surface area contributed by atoms with Gasteiger partial charge < -0.3 is 0 Å². The van der Waals surface area contributed by atoms with Crippen molar-refractivity contribution in [2.45, 2.75) is 34.6 Å². The molecular weight excluding hydrogens is 212 g/mol. The van der Waals surface area contributed by atoms with E-state index in [1.165, 1.54) is 43.6 Å². The van der Waals surface area contributed by atoms with E-state index in [2.05, 4.69) is 40.3 Å². The first kappa shape index (κ1) is 12.5. The molecule has 82 valence electrons. The second-order valence-corrected chi connectivity index (χ2v) is 6.13. The average Bonchev–Trinajstić information content (AvgIpc) is 2.23. The Morgan fingerprint density at radius 3 is 1.47 bits per heavy atom. The maximum Gasteiger partial charge on any atom is 0.0383 e. The Morgan fingerprint density at radius 1 is 0.800 bits per heavy atom. The Bertz CT molecular complexity index is 400. The van der Waals surface area contributed by atoms with Crippen LogP contribution in [0.25, 0.3) is 5.20 Å². The van der Waals surface area contributed by atoms with E-state index in [0.29, 0.717) is 0 Å². The lowest BCUT2D eigenvalue weighted by Crippen LogP contribution is -2.02. The number of hydrogen-bond donors (Lipinski definition) is 0. The fraction of sp³-hybridized carbons (Fsp3) is 0.385. The zero-order chi connectivity index (χ0) is 11.7. The van der Waals surface area contributed by atoms with Crippen molar-refractivity contribution in [3.63, 3.8) is 0 Å². The third-order valence-corrected chi connectivity index (χ3v) is 6.93. The van der Waals surface area contributed by atoms with Crippen LogP contribution < -0.4 is 0 Å². The molecular formula is C13H22Si2. The summed E-state index contributed by atoms with van der Waals surface area (Å²) in [7, 11) is 2.33. The lowest BCUT2D eigenvalue weighted by atomic mass is 9.89. The van der Waals surface area contributed by atoms with Gasteiger partial charge >= 0.3 is 0 Å². The highest BCUT2D eigenvalue weighted by Gasteiger charge is 2.12. The highest BCUT2D eigenvalue weighted by Crippen LogP contribution is 2.29. The molecule has 15 heavy (non-hydrogen) atoms. The Balaban J connectivity index is 3.67. The van der Waals surface area contributed by atoms with E-state index in [-0.39, 0.29) is 0 Å². The van der Waals surface area contributed by atoms with E-state index >= 15 is 0 Å². The van der Waals surface area contributed by atoms with Crippen LogP contribution >= 0.6 is 0 Å². The van der Waals surface area contributed by atoms with Crippen LogP contribution in [-0.2, 0) is 0 Å². The highest BCUT2D eigenvalue weighted by molar-refractivity contribution is 6.46. The molecule has 1 rings (SSSR count). The van der Waals surface area contributed by atoms with Gasteiger partial charge in [-0.2, -0.15) is 0 Å². The van der Waals surface area contributed by atoms with Crippen LogP contribution in [0.4, 0.5) is 0 Å². The monoisotopic (exact) mass is 234 g/mol. The maximum absolute atomic E-state index is 2.40. The minimum absolute atomic E-state index is 1.16. The van der Waals surface area contributed by atoms with E-state index in [0.717, 1.165) is 10.2 Å². The van der Waals surface area contributed by atoms with Gasteiger partial charge in [-0.3, -0.25) is 0 Å². The lowest BCUT2D eigenvalue weighted by Gasteiger charge is -2.19. The Morgan fingerprint density at radius 2 is 1.13 bits per heavy atom. The van der Waals surface area contributed by atoms with E-state index in [4.69, 9.17) is 0 Å². The van der Waals surface area contributed by atoms with Gasteiger partial charge in [0.25, 0.3) is 0 Å². The van der Waals surface area contributed by atoms with Crippen LogP contribution in [0.5, 0.6) is 0 Å². The van der Waals surface area contributed by atoms with Crippen LogP contribution in [0, 0.1) is 34.6 Å². The predicted octanol–water partition coefficient (Wildman–Crippen LogP) is 1.26. The molecule has 1 aromatic carbocycles. The molecule has 0 aliphatic carbocycles. The van der Waals surface area contributed by atoms with E-state index in [9.17, 15) is 0 Å². The van der Waals surface area contributed by atoms with Crippen LogP contribution in [-0.4, -0.2) is 20.5 Å². The zero-order valence-electron chi connectivity index (χ0n) is 11.1. The van der Waals surface area contributed by atoms with Gasteiger partial charge in [-0.15, -0.1) is 5.70 Å². The molecule has 1 aromatic rings. The summed E-state index contributed by atoms with van der Waals surface area (Å²) >= 11 is 0. The minimum Gasteiger partial charge on any atom is -0.106 e. The van der Waals surface area contributed by atoms with Gasteiger partial charge in [-0.25, -0.2) is 0 Å². The third kappa shape index (κ3) is 2.01. The summed E-state index contributed by atoms with van der Waals surface area (Å²) in [5.41, 5.74) is 11.3. The predicted molar refractivity (Wildman–Crippen MR) is 78.0 cm³/mol. The molecule has 0 fully saturated rings. The summed E-state index contributed by atoms with van der Waals surface area (Å²) in [5, 5.41) is 1.59. The van der Waals surface area contributed by atoms with Crippen LogP contribution in [0.2, 0.25) is 0 Å². The van der Waals surface area contributed by atoms with Crippen molar-refractivity contribution in [1.29, 1.82) is 0 Å². The third-order valence-electron chi connectivity index (χ3n) is 3.83. The van der Waals surface area contributed by atoms with Gasteiger partial charge in [0.2, 0.25) is 0 Å². The maximum atomic E-state index is 2.40. The molecule has 0 atom stereocenters. The molecule has 0 heterocycles. The van der Waals surface area contributed by atoms with E-state index in [1.54, 1.807) is 5.20 Å². The molecule has 0 saturated carbocycles. The lowest BCUT2D eigenvalue weighted by molar-refractivity contribution is 1.16. The summed E-state index contributed by atoms with van der Waals surface area (Å²) in [5.74, 6) is 0. The molecule has 0 aliphatic heterocycles. The summed E-state index contributed by atoms with van der Waals surface area (Å²) in [6.07, 6.45) is 0. The van der Waals surface area contributed by atoms with Crippen molar-refractivity contribution in [2.75, 3.05) is 0 Å². The van der Waals surface area contributed by atoms with Gasteiger partial charge in [-0.05, 0) is 68.0 Å². The fourth-order valence-corrected chi connectivity index (χ4v) is 3.27. The fourth-order valence-electron chi connectivity index (χ4n) is 2.24. The largest absolute Gasteiger partial charge is 0.106 e. The van der Waals surface area contributed by atoms with Gasteiger partial charge in [0.1, 0.15) is 0 Å². The summed E-state index contributed by atoms with van der Waals surface area (Å²) < 4.78 is 0. The first-order valence-corrected chi connectivity index (χ1v) is 7.77. The van der Waals surface area contributed by atoms with Crippen molar-refractivity contribution in [3.8, 4) is 0 Å². The number of benzene rings is 1. The highest BCUT2D eigenvalue weighted by atomic mass is 28.2. The molecule has 0 amide bonds. The number of rotatable bonds is 1. The number of hydrogen-bond acceptors (Lipinski definition) is 0. The molecule has 0 nitrogen and oxygen atoms in total. The van der Waals surface area contributed by atoms with Gasteiger partial charge in [0.05, 0.1) is 0 Å². The standard InChI is InChI=1S/C13H22Si2/c1-7-8(2)10(4)13(12(15)6-14)11(5)9(7)3/h6H,1-5,14-15H3/b12-6-. The molecule has 0 bridgehead atoms. The van der Waals surface area contributed by atoms with Crippen molar-refractivity contribution in [1.82, 2.24) is 0 Å². The average molecular weight is 234 g/mol. The zero-order valence-corrected chi connectivity index (χ0v) is 15.1. The smallest absolute Gasteiger partial charge is 0.0383 e. The van der Waals surface area contributed by atoms with Crippen molar-refractivity contribution < 1.29 is 0 Å². The topological polar surface area (TPSA) is 0 Å². The van der Waals surface area contributed by atoms with Gasteiger partial charge in [0.15, 0.2) is 0 Å². The Hall–Kier alpha value is -0.606. The van der Waals surface area contributed by atoms with E-state index < -0.39 is 0 Å². The van der Waals surface area contributed by atoms with Crippen molar-refractivity contribution in [2.24, 2.45) is 0 Å². The van der Waals surface area contributed by atoms with Gasteiger partial charge in [-0.1, -0.05) is 5.20 Å². The molecule has 2 heteroatoms. The minimum atomic E-state index is 1.16. The second-order valence-electron chi connectivity index (χ2n) is 4.47. The van der Waals surface area contributed by atoms with Crippen LogP contribution in [0.15, 0.2) is 5.70 Å². The Labute approximate surface area is 99.6 Å². The van der Waals surface area contributed by atoms with E-state index in [1.807, 2.05) is 0 Å². The van der Waals surface area contributed by atoms with Crippen LogP contribution in [0.3, 0.4) is 0 Å². The molecule has 0 aromatic heterocycles. The molecule has 0 spiro atoms. The Kier molecular flexibility index (Phi) is 3.73. The molecule has 0 saturated heterocycles. The molecule has 0 aliphatic rings. The molecule has 0 radical (unpaired) electrons. The molecule has 0 unspecified atom stereocenters.